The summed E-state index contributed by atoms with van der Waals surface area (Å²) in [5, 5.41) is 15.5. The monoisotopic (exact) mass is 432 g/mol. The van der Waals surface area contributed by atoms with E-state index < -0.39 is 17.2 Å². The van der Waals surface area contributed by atoms with E-state index in [-0.39, 0.29) is 11.1 Å². The van der Waals surface area contributed by atoms with E-state index in [4.69, 9.17) is 0 Å². The Morgan fingerprint density at radius 2 is 1.72 bits per heavy atom. The number of hydrogen-bond donors (Lipinski definition) is 2. The molecule has 0 spiro atoms. The molecule has 5 rings (SSSR count). The first-order valence-electron chi connectivity index (χ1n) is 9.83. The molecule has 0 saturated carbocycles. The fourth-order valence-electron chi connectivity index (χ4n) is 4.06. The summed E-state index contributed by atoms with van der Waals surface area (Å²) >= 11 is 0. The van der Waals surface area contributed by atoms with E-state index in [1.807, 2.05) is 30.3 Å². The Morgan fingerprint density at radius 1 is 1.00 bits per heavy atom. The quantitative estimate of drug-likeness (QED) is 0.442. The maximum atomic E-state index is 13.2. The number of hydrogen-bond acceptors (Lipinski definition) is 5. The van der Waals surface area contributed by atoms with E-state index in [9.17, 15) is 14.4 Å². The molecule has 0 saturated heterocycles. The van der Waals surface area contributed by atoms with E-state index in [2.05, 4.69) is 20.6 Å². The van der Waals surface area contributed by atoms with Crippen LogP contribution in [0.2, 0.25) is 0 Å². The summed E-state index contributed by atoms with van der Waals surface area (Å²) in [6.07, 6.45) is 0. The van der Waals surface area contributed by atoms with Crippen LogP contribution in [0.3, 0.4) is 0 Å². The molecular weight excluding hydrogens is 412 g/mol. The second-order valence-corrected chi connectivity index (χ2v) is 7.62. The number of anilines is 1. The lowest BCUT2D eigenvalue weighted by Crippen LogP contribution is -2.37. The van der Waals surface area contributed by atoms with Crippen molar-refractivity contribution < 1.29 is 4.79 Å². The lowest BCUT2D eigenvalue weighted by Gasteiger charge is -2.08. The number of rotatable bonds is 3. The number of aromatic nitrogens is 7. The molecule has 0 aliphatic heterocycles. The number of carbonyl (C=O) groups is 1. The number of aromatic amines is 1. The number of nitrogens with zero attached hydrogens (tertiary/aromatic N) is 6. The molecule has 11 nitrogen and oxygen atoms in total. The van der Waals surface area contributed by atoms with Crippen molar-refractivity contribution in [2.24, 2.45) is 28.2 Å². The van der Waals surface area contributed by atoms with Gasteiger partial charge in [0.1, 0.15) is 22.9 Å². The predicted octanol–water partition coefficient (Wildman–Crippen LogP) is 1.10. The SMILES string of the molecule is Cn1c(=O)c2cc(C(=O)Nc3[nH]nc4c3c(-c3ccccc3)nn4C)n(C)c2n(C)c1=O. The van der Waals surface area contributed by atoms with Crippen LogP contribution in [0.15, 0.2) is 46.0 Å². The first kappa shape index (κ1) is 19.5. The summed E-state index contributed by atoms with van der Waals surface area (Å²) in [6.45, 7) is 0. The zero-order chi connectivity index (χ0) is 22.7. The second kappa shape index (κ2) is 6.80. The summed E-state index contributed by atoms with van der Waals surface area (Å²) in [4.78, 5) is 38.1. The molecule has 1 amide bonds. The third kappa shape index (κ3) is 2.64. The molecule has 11 heteroatoms. The van der Waals surface area contributed by atoms with Gasteiger partial charge in [0.25, 0.3) is 11.5 Å². The zero-order valence-corrected chi connectivity index (χ0v) is 17.9. The van der Waals surface area contributed by atoms with Crippen LogP contribution in [0.25, 0.3) is 33.3 Å². The Bertz CT molecular complexity index is 1650. The van der Waals surface area contributed by atoms with Crippen molar-refractivity contribution >= 4 is 33.8 Å². The summed E-state index contributed by atoms with van der Waals surface area (Å²) in [5.74, 6) is -0.0596. The van der Waals surface area contributed by atoms with E-state index in [1.165, 1.54) is 22.2 Å². The van der Waals surface area contributed by atoms with Crippen LogP contribution < -0.4 is 16.6 Å². The zero-order valence-electron chi connectivity index (χ0n) is 17.9. The van der Waals surface area contributed by atoms with Gasteiger partial charge in [0.05, 0.1) is 10.8 Å². The van der Waals surface area contributed by atoms with Crippen molar-refractivity contribution in [3.8, 4) is 11.3 Å². The molecule has 0 unspecified atom stereocenters. The van der Waals surface area contributed by atoms with Crippen LogP contribution in [0, 0.1) is 0 Å². The highest BCUT2D eigenvalue weighted by Gasteiger charge is 2.23. The Hall–Kier alpha value is -4.41. The van der Waals surface area contributed by atoms with Gasteiger partial charge in [-0.2, -0.15) is 10.2 Å². The highest BCUT2D eigenvalue weighted by atomic mass is 16.2. The lowest BCUT2D eigenvalue weighted by molar-refractivity contribution is 0.101. The number of aryl methyl sites for hydroxylation is 3. The van der Waals surface area contributed by atoms with Crippen molar-refractivity contribution in [1.82, 2.24) is 33.7 Å². The largest absolute Gasteiger partial charge is 0.332 e. The van der Waals surface area contributed by atoms with Crippen LogP contribution in [-0.4, -0.2) is 39.6 Å². The molecule has 32 heavy (non-hydrogen) atoms. The van der Waals surface area contributed by atoms with Crippen LogP contribution in [-0.2, 0) is 28.2 Å². The molecule has 0 aliphatic carbocycles. The van der Waals surface area contributed by atoms with Crippen LogP contribution >= 0.6 is 0 Å². The van der Waals surface area contributed by atoms with Gasteiger partial charge in [0, 0.05) is 33.8 Å². The number of amides is 1. The topological polar surface area (TPSA) is 125 Å². The molecule has 0 radical (unpaired) electrons. The van der Waals surface area contributed by atoms with Crippen LogP contribution in [0.5, 0.6) is 0 Å². The van der Waals surface area contributed by atoms with Crippen molar-refractivity contribution in [3.63, 3.8) is 0 Å². The smallest absolute Gasteiger partial charge is 0.325 e. The van der Waals surface area contributed by atoms with Gasteiger partial charge in [-0.05, 0) is 6.07 Å². The third-order valence-corrected chi connectivity index (χ3v) is 5.69. The Morgan fingerprint density at radius 3 is 2.44 bits per heavy atom. The molecule has 2 N–H and O–H groups in total. The van der Waals surface area contributed by atoms with Crippen molar-refractivity contribution in [2.45, 2.75) is 0 Å². The predicted molar refractivity (Wildman–Crippen MR) is 120 cm³/mol. The van der Waals surface area contributed by atoms with E-state index in [0.717, 1.165) is 10.1 Å². The summed E-state index contributed by atoms with van der Waals surface area (Å²) in [7, 11) is 6.39. The molecule has 0 bridgehead atoms. The van der Waals surface area contributed by atoms with Crippen molar-refractivity contribution in [1.29, 1.82) is 0 Å². The standard InChI is InChI=1S/C21H20N8O3/c1-26-13(10-12-19(26)27(2)21(32)28(3)20(12)31)18(30)22-16-14-15(11-8-6-5-7-9-11)25-29(4)17(14)24-23-16/h5-10H,1-4H3,(H2,22,23,24,30). The van der Waals surface area contributed by atoms with Gasteiger partial charge >= 0.3 is 5.69 Å². The van der Waals surface area contributed by atoms with Gasteiger partial charge in [0.15, 0.2) is 5.65 Å². The van der Waals surface area contributed by atoms with Crippen molar-refractivity contribution in [3.05, 3.63) is 62.9 Å². The van der Waals surface area contributed by atoms with Gasteiger partial charge in [-0.25, -0.2) is 9.48 Å². The van der Waals surface area contributed by atoms with E-state index in [1.54, 1.807) is 25.8 Å². The minimum atomic E-state index is -0.464. The highest BCUT2D eigenvalue weighted by Crippen LogP contribution is 2.31. The van der Waals surface area contributed by atoms with Gasteiger partial charge in [0.2, 0.25) is 0 Å². The van der Waals surface area contributed by atoms with Gasteiger partial charge in [-0.15, -0.1) is 0 Å². The minimum absolute atomic E-state index is 0.228. The van der Waals surface area contributed by atoms with E-state index >= 15 is 0 Å². The first-order valence-corrected chi connectivity index (χ1v) is 9.83. The van der Waals surface area contributed by atoms with Crippen LogP contribution in [0.4, 0.5) is 5.82 Å². The van der Waals surface area contributed by atoms with Crippen molar-refractivity contribution in [2.75, 3.05) is 5.32 Å². The van der Waals surface area contributed by atoms with Gasteiger partial charge in [-0.3, -0.25) is 23.8 Å². The summed E-state index contributed by atoms with van der Waals surface area (Å²) < 4.78 is 5.53. The Balaban J connectivity index is 1.63. The molecule has 0 aliphatic rings. The van der Waals surface area contributed by atoms with Gasteiger partial charge < -0.3 is 9.88 Å². The molecule has 0 atom stereocenters. The molecule has 4 heterocycles. The number of H-pyrrole nitrogens is 1. The number of fused-ring (bicyclic) bond motifs is 2. The normalized spacial score (nSPS) is 11.5. The number of benzene rings is 1. The first-order chi connectivity index (χ1) is 15.3. The summed E-state index contributed by atoms with van der Waals surface area (Å²) in [5.41, 5.74) is 1.83. The maximum Gasteiger partial charge on any atom is 0.332 e. The molecule has 162 valence electrons. The van der Waals surface area contributed by atoms with Gasteiger partial charge in [-0.1, -0.05) is 30.3 Å². The summed E-state index contributed by atoms with van der Waals surface area (Å²) in [6, 6.07) is 11.1. The average Bonchev–Trinajstić information content (AvgIpc) is 3.45. The second-order valence-electron chi connectivity index (χ2n) is 7.62. The highest BCUT2D eigenvalue weighted by molar-refractivity contribution is 6.11. The Kier molecular flexibility index (Phi) is 4.16. The fourth-order valence-corrected chi connectivity index (χ4v) is 4.06. The lowest BCUT2D eigenvalue weighted by atomic mass is 10.1. The average molecular weight is 432 g/mol. The number of carbonyl (C=O) groups excluding carboxylic acids is 1. The van der Waals surface area contributed by atoms with E-state index in [0.29, 0.717) is 28.2 Å². The molecule has 4 aromatic heterocycles. The minimum Gasteiger partial charge on any atom is -0.325 e. The molecular formula is C21H20N8O3. The maximum absolute atomic E-state index is 13.2. The fraction of sp³-hybridized carbons (Fsp3) is 0.190. The number of nitrogens with one attached hydrogen (secondary N) is 2. The Labute approximate surface area is 180 Å². The third-order valence-electron chi connectivity index (χ3n) is 5.69. The molecule has 1 aromatic carbocycles. The molecule has 0 fully saturated rings. The molecule has 5 aromatic rings. The van der Waals surface area contributed by atoms with Crippen LogP contribution in [0.1, 0.15) is 10.5 Å².